The molecule has 1 unspecified atom stereocenters. The van der Waals surface area contributed by atoms with Crippen molar-refractivity contribution in [3.63, 3.8) is 0 Å². The topological polar surface area (TPSA) is 54.5 Å². The molecule has 0 bridgehead atoms. The number of carbonyl (C=O) groups excluding carboxylic acids is 1. The van der Waals surface area contributed by atoms with Crippen LogP contribution < -0.4 is 5.32 Å². The lowest BCUT2D eigenvalue weighted by Gasteiger charge is -2.24. The number of aryl methyl sites for hydroxylation is 1. The average molecular weight is 333 g/mol. The fourth-order valence-corrected chi connectivity index (χ4v) is 3.55. The Bertz CT molecular complexity index is 720. The monoisotopic (exact) mass is 333 g/mol. The van der Waals surface area contributed by atoms with Gasteiger partial charge in [-0.15, -0.1) is 11.3 Å². The summed E-state index contributed by atoms with van der Waals surface area (Å²) in [5.41, 5.74) is 1.63. The number of hydrogen-bond donors (Lipinski definition) is 1. The highest BCUT2D eigenvalue weighted by molar-refractivity contribution is 7.18. The molecule has 1 aromatic heterocycles. The number of aromatic nitrogens is 1. The van der Waals surface area contributed by atoms with Gasteiger partial charge < -0.3 is 15.0 Å². The minimum Gasteiger partial charge on any atom is -0.444 e. The van der Waals surface area contributed by atoms with Crippen LogP contribution in [0.1, 0.15) is 32.2 Å². The second kappa shape index (κ2) is 6.00. The summed E-state index contributed by atoms with van der Waals surface area (Å²) in [6.45, 7) is 9.09. The van der Waals surface area contributed by atoms with Gasteiger partial charge in [-0.2, -0.15) is 0 Å². The van der Waals surface area contributed by atoms with E-state index < -0.39 is 5.60 Å². The average Bonchev–Trinajstić information content (AvgIpc) is 3.02. The Morgan fingerprint density at radius 1 is 1.43 bits per heavy atom. The highest BCUT2D eigenvalue weighted by Crippen LogP contribution is 2.26. The fourth-order valence-electron chi connectivity index (χ4n) is 2.74. The summed E-state index contributed by atoms with van der Waals surface area (Å²) in [4.78, 5) is 18.4. The van der Waals surface area contributed by atoms with Crippen molar-refractivity contribution in [3.8, 4) is 0 Å². The van der Waals surface area contributed by atoms with Gasteiger partial charge in [0.1, 0.15) is 5.60 Å². The zero-order valence-corrected chi connectivity index (χ0v) is 14.9. The summed E-state index contributed by atoms with van der Waals surface area (Å²) < 4.78 is 6.63. The van der Waals surface area contributed by atoms with Crippen molar-refractivity contribution >= 4 is 33.3 Å². The molecule has 1 fully saturated rings. The molecule has 1 aliphatic heterocycles. The van der Waals surface area contributed by atoms with Crippen LogP contribution in [0.3, 0.4) is 0 Å². The van der Waals surface area contributed by atoms with Crippen LogP contribution in [0.25, 0.3) is 10.2 Å². The lowest BCUT2D eigenvalue weighted by atomic mass is 10.2. The first kappa shape index (κ1) is 16.1. The number of fused-ring (bicyclic) bond motifs is 1. The molecule has 2 heterocycles. The number of carbonyl (C=O) groups is 1. The van der Waals surface area contributed by atoms with Gasteiger partial charge in [0.2, 0.25) is 0 Å². The zero-order chi connectivity index (χ0) is 16.6. The van der Waals surface area contributed by atoms with Crippen LogP contribution in [-0.4, -0.2) is 40.7 Å². The summed E-state index contributed by atoms with van der Waals surface area (Å²) in [5.74, 6) is 0. The van der Waals surface area contributed by atoms with Crippen molar-refractivity contribution in [2.24, 2.45) is 0 Å². The van der Waals surface area contributed by atoms with Gasteiger partial charge >= 0.3 is 6.09 Å². The number of nitrogens with zero attached hydrogens (tertiary/aromatic N) is 2. The van der Waals surface area contributed by atoms with Crippen LogP contribution in [0.4, 0.5) is 10.5 Å². The molecule has 6 heteroatoms. The van der Waals surface area contributed by atoms with Crippen LogP contribution in [0.15, 0.2) is 18.2 Å². The number of thiazole rings is 1. The summed E-state index contributed by atoms with van der Waals surface area (Å²) in [6, 6.07) is 6.51. The Balaban J connectivity index is 1.61. The molecule has 5 nitrogen and oxygen atoms in total. The van der Waals surface area contributed by atoms with E-state index in [1.54, 1.807) is 16.2 Å². The van der Waals surface area contributed by atoms with Crippen LogP contribution >= 0.6 is 11.3 Å². The van der Waals surface area contributed by atoms with Crippen LogP contribution in [-0.2, 0) is 4.74 Å². The van der Waals surface area contributed by atoms with Crippen molar-refractivity contribution in [2.75, 3.05) is 18.4 Å². The molecule has 1 aromatic carbocycles. The van der Waals surface area contributed by atoms with Crippen molar-refractivity contribution < 1.29 is 9.53 Å². The number of hydrogen-bond acceptors (Lipinski definition) is 5. The molecule has 1 atom stereocenters. The number of likely N-dealkylation sites (tertiary alicyclic amines) is 1. The van der Waals surface area contributed by atoms with Gasteiger partial charge in [-0.3, -0.25) is 0 Å². The SMILES string of the molecule is Cc1nc2cc(NC3CCN(C(=O)OC(C)(C)C)C3)ccc2s1. The molecule has 2 aromatic rings. The van der Waals surface area contributed by atoms with Crippen LogP contribution in [0.2, 0.25) is 0 Å². The van der Waals surface area contributed by atoms with Crippen molar-refractivity contribution in [2.45, 2.75) is 45.8 Å². The molecule has 0 radical (unpaired) electrons. The van der Waals surface area contributed by atoms with Gasteiger partial charge in [0.15, 0.2) is 0 Å². The molecular formula is C17H23N3O2S. The molecule has 3 rings (SSSR count). The van der Waals surface area contributed by atoms with E-state index in [1.807, 2.05) is 27.7 Å². The van der Waals surface area contributed by atoms with Gasteiger partial charge in [0.25, 0.3) is 0 Å². The predicted molar refractivity (Wildman–Crippen MR) is 94.2 cm³/mol. The normalized spacial score (nSPS) is 18.4. The van der Waals surface area contributed by atoms with Gasteiger partial charge in [-0.25, -0.2) is 9.78 Å². The number of benzene rings is 1. The highest BCUT2D eigenvalue weighted by atomic mass is 32.1. The summed E-state index contributed by atoms with van der Waals surface area (Å²) in [6.07, 6.45) is 0.695. The summed E-state index contributed by atoms with van der Waals surface area (Å²) >= 11 is 1.70. The first-order valence-corrected chi connectivity index (χ1v) is 8.73. The second-order valence-electron chi connectivity index (χ2n) is 6.97. The molecule has 1 amide bonds. The Morgan fingerprint density at radius 2 is 2.22 bits per heavy atom. The third-order valence-corrected chi connectivity index (χ3v) is 4.66. The van der Waals surface area contributed by atoms with Crippen molar-refractivity contribution in [3.05, 3.63) is 23.2 Å². The Morgan fingerprint density at radius 3 is 2.96 bits per heavy atom. The number of amides is 1. The number of anilines is 1. The van der Waals surface area contributed by atoms with Gasteiger partial charge in [0.05, 0.1) is 15.2 Å². The third kappa shape index (κ3) is 3.93. The lowest BCUT2D eigenvalue weighted by molar-refractivity contribution is 0.0293. The second-order valence-corrected chi connectivity index (χ2v) is 8.21. The van der Waals surface area contributed by atoms with Gasteiger partial charge in [0, 0.05) is 24.8 Å². The molecule has 0 aliphatic carbocycles. The summed E-state index contributed by atoms with van der Waals surface area (Å²) in [5, 5.41) is 4.58. The van der Waals surface area contributed by atoms with E-state index in [0.29, 0.717) is 6.54 Å². The first-order chi connectivity index (χ1) is 10.8. The Labute approximate surface area is 140 Å². The predicted octanol–water partition coefficient (Wildman–Crippen LogP) is 4.03. The van der Waals surface area contributed by atoms with Crippen molar-refractivity contribution in [1.29, 1.82) is 0 Å². The smallest absolute Gasteiger partial charge is 0.410 e. The molecule has 124 valence electrons. The summed E-state index contributed by atoms with van der Waals surface area (Å²) in [7, 11) is 0. The van der Waals surface area contributed by atoms with E-state index in [4.69, 9.17) is 4.74 Å². The van der Waals surface area contributed by atoms with Gasteiger partial charge in [-0.05, 0) is 52.3 Å². The van der Waals surface area contributed by atoms with Crippen molar-refractivity contribution in [1.82, 2.24) is 9.88 Å². The van der Waals surface area contributed by atoms with Crippen LogP contribution in [0, 0.1) is 6.92 Å². The zero-order valence-electron chi connectivity index (χ0n) is 14.0. The largest absolute Gasteiger partial charge is 0.444 e. The minimum atomic E-state index is -0.448. The molecular weight excluding hydrogens is 310 g/mol. The fraction of sp³-hybridized carbons (Fsp3) is 0.529. The molecule has 1 saturated heterocycles. The van der Waals surface area contributed by atoms with E-state index in [0.717, 1.165) is 29.2 Å². The maximum atomic E-state index is 12.1. The minimum absolute atomic E-state index is 0.229. The first-order valence-electron chi connectivity index (χ1n) is 7.92. The Kier molecular flexibility index (Phi) is 4.19. The van der Waals surface area contributed by atoms with E-state index in [9.17, 15) is 4.79 Å². The van der Waals surface area contributed by atoms with Gasteiger partial charge in [-0.1, -0.05) is 0 Å². The quantitative estimate of drug-likeness (QED) is 0.901. The molecule has 1 N–H and O–H groups in total. The van der Waals surface area contributed by atoms with E-state index >= 15 is 0 Å². The molecule has 0 saturated carbocycles. The Hall–Kier alpha value is -1.82. The number of ether oxygens (including phenoxy) is 1. The maximum Gasteiger partial charge on any atom is 0.410 e. The maximum absolute atomic E-state index is 12.1. The molecule has 1 aliphatic rings. The molecule has 23 heavy (non-hydrogen) atoms. The number of nitrogens with one attached hydrogen (secondary N) is 1. The third-order valence-electron chi connectivity index (χ3n) is 3.71. The number of rotatable bonds is 2. The lowest BCUT2D eigenvalue weighted by Crippen LogP contribution is -2.36. The van der Waals surface area contributed by atoms with E-state index in [-0.39, 0.29) is 12.1 Å². The standard InChI is InChI=1S/C17H23N3O2S/c1-11-18-14-9-12(5-6-15(14)23-11)19-13-7-8-20(10-13)16(21)22-17(2,3)4/h5-6,9,13,19H,7-8,10H2,1-4H3. The van der Waals surface area contributed by atoms with E-state index in [1.165, 1.54) is 4.70 Å². The highest BCUT2D eigenvalue weighted by Gasteiger charge is 2.29. The molecule has 0 spiro atoms. The van der Waals surface area contributed by atoms with E-state index in [2.05, 4.69) is 28.5 Å². The van der Waals surface area contributed by atoms with Crippen LogP contribution in [0.5, 0.6) is 0 Å².